The zero-order valence-corrected chi connectivity index (χ0v) is 13.7. The Hall–Kier alpha value is -2.18. The Morgan fingerprint density at radius 1 is 1.39 bits per heavy atom. The summed E-state index contributed by atoms with van der Waals surface area (Å²) in [5, 5.41) is 11.0. The number of carbonyl (C=O) groups excluding carboxylic acids is 1. The highest BCUT2D eigenvalue weighted by atomic mass is 16.5. The first-order valence-electron chi connectivity index (χ1n) is 8.23. The smallest absolute Gasteiger partial charge is 0.257 e. The maximum absolute atomic E-state index is 12.7. The molecule has 0 aliphatic heterocycles. The normalized spacial score (nSPS) is 15.7. The van der Waals surface area contributed by atoms with Gasteiger partial charge < -0.3 is 9.42 Å². The average Bonchev–Trinajstić information content (AvgIpc) is 3.21. The van der Waals surface area contributed by atoms with Crippen LogP contribution in [0.2, 0.25) is 0 Å². The molecule has 7 nitrogen and oxygen atoms in total. The first kappa shape index (κ1) is 15.7. The second-order valence-corrected chi connectivity index (χ2v) is 6.24. The number of H-pyrrole nitrogens is 1. The second-order valence-electron chi connectivity index (χ2n) is 6.24. The number of nitrogens with zero attached hydrogens (tertiary/aromatic N) is 4. The van der Waals surface area contributed by atoms with Crippen molar-refractivity contribution in [2.45, 2.75) is 51.4 Å². The Morgan fingerprint density at radius 2 is 2.17 bits per heavy atom. The van der Waals surface area contributed by atoms with Gasteiger partial charge in [0.1, 0.15) is 0 Å². The number of likely N-dealkylation sites (N-methyl/N-ethyl adjacent to an activating group) is 1. The molecule has 2 aromatic rings. The Bertz CT molecular complexity index is 657. The van der Waals surface area contributed by atoms with Crippen LogP contribution in [0.1, 0.15) is 65.8 Å². The van der Waals surface area contributed by atoms with Crippen LogP contribution in [0.15, 0.2) is 10.7 Å². The standard InChI is InChI=1S/C16H23N5O2/c1-11-18-14(20-23-11)8-9-21(2)16(22)13-10-17-19-15(13)12-6-4-3-5-7-12/h10,12H,3-9H2,1-2H3,(H,17,19). The van der Waals surface area contributed by atoms with Gasteiger partial charge in [0.05, 0.1) is 17.5 Å². The fourth-order valence-electron chi connectivity index (χ4n) is 3.19. The lowest BCUT2D eigenvalue weighted by Crippen LogP contribution is -2.30. The van der Waals surface area contributed by atoms with Crippen molar-refractivity contribution in [3.63, 3.8) is 0 Å². The van der Waals surface area contributed by atoms with Crippen molar-refractivity contribution >= 4 is 5.91 Å². The largest absolute Gasteiger partial charge is 0.341 e. The number of amides is 1. The number of hydrogen-bond donors (Lipinski definition) is 1. The molecule has 7 heteroatoms. The quantitative estimate of drug-likeness (QED) is 0.915. The zero-order valence-electron chi connectivity index (χ0n) is 13.7. The first-order chi connectivity index (χ1) is 11.1. The molecule has 1 N–H and O–H groups in total. The monoisotopic (exact) mass is 317 g/mol. The number of aromatic nitrogens is 4. The molecule has 23 heavy (non-hydrogen) atoms. The van der Waals surface area contributed by atoms with Crippen LogP contribution < -0.4 is 0 Å². The number of rotatable bonds is 5. The van der Waals surface area contributed by atoms with Crippen LogP contribution in [0.5, 0.6) is 0 Å². The molecule has 1 aliphatic carbocycles. The van der Waals surface area contributed by atoms with E-state index < -0.39 is 0 Å². The van der Waals surface area contributed by atoms with Crippen molar-refractivity contribution in [2.24, 2.45) is 0 Å². The number of aromatic amines is 1. The zero-order chi connectivity index (χ0) is 16.2. The fourth-order valence-corrected chi connectivity index (χ4v) is 3.19. The van der Waals surface area contributed by atoms with Gasteiger partial charge in [0.15, 0.2) is 5.82 Å². The van der Waals surface area contributed by atoms with Crippen LogP contribution >= 0.6 is 0 Å². The number of aryl methyl sites for hydroxylation is 1. The molecule has 0 aromatic carbocycles. The molecule has 0 spiro atoms. The summed E-state index contributed by atoms with van der Waals surface area (Å²) < 4.78 is 4.95. The minimum atomic E-state index is -0.000426. The van der Waals surface area contributed by atoms with E-state index in [1.54, 1.807) is 25.1 Å². The molecule has 0 bridgehead atoms. The summed E-state index contributed by atoms with van der Waals surface area (Å²) in [4.78, 5) is 18.6. The summed E-state index contributed by atoms with van der Waals surface area (Å²) in [7, 11) is 1.80. The number of carbonyl (C=O) groups is 1. The summed E-state index contributed by atoms with van der Waals surface area (Å²) in [6, 6.07) is 0. The minimum Gasteiger partial charge on any atom is -0.341 e. The molecule has 1 aliphatic rings. The predicted molar refractivity (Wildman–Crippen MR) is 84.1 cm³/mol. The highest BCUT2D eigenvalue weighted by Gasteiger charge is 2.25. The highest BCUT2D eigenvalue weighted by Crippen LogP contribution is 2.33. The Kier molecular flexibility index (Phi) is 4.73. The van der Waals surface area contributed by atoms with Gasteiger partial charge in [-0.3, -0.25) is 9.89 Å². The molecule has 2 aromatic heterocycles. The molecule has 0 atom stereocenters. The molecule has 124 valence electrons. The van der Waals surface area contributed by atoms with E-state index in [9.17, 15) is 4.79 Å². The van der Waals surface area contributed by atoms with Gasteiger partial charge in [-0.15, -0.1) is 0 Å². The molecule has 0 saturated heterocycles. The van der Waals surface area contributed by atoms with E-state index in [1.807, 2.05) is 0 Å². The van der Waals surface area contributed by atoms with Crippen LogP contribution in [0, 0.1) is 6.92 Å². The molecule has 0 radical (unpaired) electrons. The molecule has 1 amide bonds. The van der Waals surface area contributed by atoms with Crippen molar-refractivity contribution in [2.75, 3.05) is 13.6 Å². The van der Waals surface area contributed by atoms with E-state index in [2.05, 4.69) is 20.3 Å². The molecular weight excluding hydrogens is 294 g/mol. The minimum absolute atomic E-state index is 0.000426. The number of hydrogen-bond acceptors (Lipinski definition) is 5. The summed E-state index contributed by atoms with van der Waals surface area (Å²) in [5.41, 5.74) is 1.70. The van der Waals surface area contributed by atoms with Gasteiger partial charge in [-0.2, -0.15) is 10.1 Å². The number of nitrogens with one attached hydrogen (secondary N) is 1. The van der Waals surface area contributed by atoms with Gasteiger partial charge in [0.25, 0.3) is 5.91 Å². The topological polar surface area (TPSA) is 87.9 Å². The predicted octanol–water partition coefficient (Wildman–Crippen LogP) is 2.46. The van der Waals surface area contributed by atoms with E-state index in [0.29, 0.717) is 36.2 Å². The van der Waals surface area contributed by atoms with Crippen LogP contribution in [-0.4, -0.2) is 44.7 Å². The van der Waals surface area contributed by atoms with Crippen molar-refractivity contribution in [3.8, 4) is 0 Å². The van der Waals surface area contributed by atoms with Crippen molar-refractivity contribution < 1.29 is 9.32 Å². The van der Waals surface area contributed by atoms with Crippen LogP contribution in [0.4, 0.5) is 0 Å². The molecule has 3 rings (SSSR count). The molecular formula is C16H23N5O2. The SMILES string of the molecule is Cc1nc(CCN(C)C(=O)c2cn[nH]c2C2CCCCC2)no1. The van der Waals surface area contributed by atoms with Gasteiger partial charge in [-0.1, -0.05) is 24.4 Å². The Labute approximate surface area is 135 Å². The van der Waals surface area contributed by atoms with Crippen LogP contribution in [0.25, 0.3) is 0 Å². The van der Waals surface area contributed by atoms with Crippen molar-refractivity contribution in [1.82, 2.24) is 25.2 Å². The van der Waals surface area contributed by atoms with Crippen molar-refractivity contribution in [1.29, 1.82) is 0 Å². The molecule has 2 heterocycles. The van der Waals surface area contributed by atoms with E-state index in [-0.39, 0.29) is 5.91 Å². The summed E-state index contributed by atoms with van der Waals surface area (Å²) in [6.07, 6.45) is 8.24. The van der Waals surface area contributed by atoms with E-state index in [4.69, 9.17) is 4.52 Å². The summed E-state index contributed by atoms with van der Waals surface area (Å²) in [6.45, 7) is 2.31. The average molecular weight is 317 g/mol. The Morgan fingerprint density at radius 3 is 2.87 bits per heavy atom. The highest BCUT2D eigenvalue weighted by molar-refractivity contribution is 5.95. The molecule has 1 fully saturated rings. The maximum atomic E-state index is 12.7. The lowest BCUT2D eigenvalue weighted by Gasteiger charge is -2.22. The molecule has 0 unspecified atom stereocenters. The fraction of sp³-hybridized carbons (Fsp3) is 0.625. The van der Waals surface area contributed by atoms with E-state index in [1.165, 1.54) is 19.3 Å². The lowest BCUT2D eigenvalue weighted by atomic mass is 9.85. The van der Waals surface area contributed by atoms with Gasteiger partial charge in [0, 0.05) is 32.9 Å². The van der Waals surface area contributed by atoms with Crippen LogP contribution in [0.3, 0.4) is 0 Å². The van der Waals surface area contributed by atoms with Gasteiger partial charge in [-0.05, 0) is 12.8 Å². The maximum Gasteiger partial charge on any atom is 0.257 e. The third kappa shape index (κ3) is 3.60. The second kappa shape index (κ2) is 6.93. The summed E-state index contributed by atoms with van der Waals surface area (Å²) >= 11 is 0. The van der Waals surface area contributed by atoms with Crippen LogP contribution in [-0.2, 0) is 6.42 Å². The summed E-state index contributed by atoms with van der Waals surface area (Å²) in [5.74, 6) is 1.60. The van der Waals surface area contributed by atoms with Gasteiger partial charge in [-0.25, -0.2) is 0 Å². The van der Waals surface area contributed by atoms with E-state index in [0.717, 1.165) is 18.5 Å². The Balaban J connectivity index is 1.64. The first-order valence-corrected chi connectivity index (χ1v) is 8.23. The third-order valence-electron chi connectivity index (χ3n) is 4.50. The third-order valence-corrected chi connectivity index (χ3v) is 4.50. The van der Waals surface area contributed by atoms with Gasteiger partial charge >= 0.3 is 0 Å². The van der Waals surface area contributed by atoms with E-state index >= 15 is 0 Å². The van der Waals surface area contributed by atoms with Gasteiger partial charge in [0.2, 0.25) is 5.89 Å². The molecule has 1 saturated carbocycles. The van der Waals surface area contributed by atoms with Crippen molar-refractivity contribution in [3.05, 3.63) is 29.2 Å². The lowest BCUT2D eigenvalue weighted by molar-refractivity contribution is 0.0794.